The van der Waals surface area contributed by atoms with Gasteiger partial charge in [-0.2, -0.15) is 4.90 Å². The fourth-order valence-corrected chi connectivity index (χ4v) is 4.15. The standard InChI is InChI=1S/C16H17N2O2S/c1-2-11-14(19)17(9-10-7-8-10)16-18(15(11)20)12-5-3-4-6-13(12)21-16/h3-6,10-11H,2,7-9H2,1H3/q+1. The van der Waals surface area contributed by atoms with Crippen molar-refractivity contribution in [2.45, 2.75) is 26.2 Å². The third-order valence-corrected chi connectivity index (χ3v) is 5.51. The lowest BCUT2D eigenvalue weighted by atomic mass is 10.0. The Morgan fingerprint density at radius 2 is 2.05 bits per heavy atom. The number of nitrogens with zero attached hydrogens (tertiary/aromatic N) is 2. The molecule has 108 valence electrons. The molecule has 5 heteroatoms. The second-order valence-corrected chi connectivity index (χ2v) is 6.89. The van der Waals surface area contributed by atoms with Gasteiger partial charge in [-0.05, 0) is 48.6 Å². The summed E-state index contributed by atoms with van der Waals surface area (Å²) in [6, 6.07) is 7.89. The zero-order chi connectivity index (χ0) is 14.6. The Balaban J connectivity index is 1.92. The van der Waals surface area contributed by atoms with Crippen LogP contribution in [-0.2, 0) is 4.79 Å². The van der Waals surface area contributed by atoms with E-state index in [2.05, 4.69) is 0 Å². The van der Waals surface area contributed by atoms with Gasteiger partial charge in [0.25, 0.3) is 0 Å². The Bertz CT molecular complexity index is 748. The van der Waals surface area contributed by atoms with Gasteiger partial charge in [-0.25, -0.2) is 9.59 Å². The van der Waals surface area contributed by atoms with Gasteiger partial charge in [-0.3, -0.25) is 0 Å². The van der Waals surface area contributed by atoms with E-state index in [1.54, 1.807) is 15.9 Å². The number of aromatic nitrogens is 1. The number of thiazole rings is 1. The van der Waals surface area contributed by atoms with Crippen molar-refractivity contribution in [3.8, 4) is 0 Å². The monoisotopic (exact) mass is 301 g/mol. The fourth-order valence-electron chi connectivity index (χ4n) is 2.98. The van der Waals surface area contributed by atoms with Crippen molar-refractivity contribution in [1.82, 2.24) is 0 Å². The van der Waals surface area contributed by atoms with Crippen LogP contribution in [0.4, 0.5) is 5.13 Å². The molecule has 1 amide bonds. The summed E-state index contributed by atoms with van der Waals surface area (Å²) in [6.07, 6.45) is 2.95. The molecule has 1 unspecified atom stereocenters. The smallest absolute Gasteiger partial charge is 0.246 e. The van der Waals surface area contributed by atoms with Gasteiger partial charge < -0.3 is 0 Å². The summed E-state index contributed by atoms with van der Waals surface area (Å²) in [5, 5.41) is 0.794. The molecule has 2 heterocycles. The Morgan fingerprint density at radius 3 is 2.76 bits per heavy atom. The second-order valence-electron chi connectivity index (χ2n) is 5.88. The highest BCUT2D eigenvalue weighted by atomic mass is 32.1. The number of carbonyl (C=O) groups is 2. The molecule has 1 fully saturated rings. The highest BCUT2D eigenvalue weighted by Crippen LogP contribution is 2.36. The summed E-state index contributed by atoms with van der Waals surface area (Å²) in [5.41, 5.74) is 0.925. The summed E-state index contributed by atoms with van der Waals surface area (Å²) in [4.78, 5) is 27.2. The minimum Gasteiger partial charge on any atom is -0.246 e. The third-order valence-electron chi connectivity index (χ3n) is 4.36. The van der Waals surface area contributed by atoms with Crippen molar-refractivity contribution < 1.29 is 14.2 Å². The molecule has 21 heavy (non-hydrogen) atoms. The maximum atomic E-state index is 12.7. The first-order valence-corrected chi connectivity index (χ1v) is 8.31. The van der Waals surface area contributed by atoms with Gasteiger partial charge in [0.15, 0.2) is 11.4 Å². The van der Waals surface area contributed by atoms with Gasteiger partial charge in [0.2, 0.25) is 0 Å². The number of rotatable bonds is 3. The predicted molar refractivity (Wildman–Crippen MR) is 81.5 cm³/mol. The quantitative estimate of drug-likeness (QED) is 0.646. The molecular formula is C16H17N2O2S+. The molecule has 1 aromatic carbocycles. The van der Waals surface area contributed by atoms with Crippen molar-refractivity contribution >= 4 is 38.5 Å². The maximum Gasteiger partial charge on any atom is 0.352 e. The van der Waals surface area contributed by atoms with Gasteiger partial charge in [0.05, 0.1) is 11.2 Å². The summed E-state index contributed by atoms with van der Waals surface area (Å²) in [7, 11) is 0. The molecule has 0 bridgehead atoms. The average Bonchev–Trinajstić information content (AvgIpc) is 3.22. The second kappa shape index (κ2) is 4.63. The molecule has 0 spiro atoms. The zero-order valence-electron chi connectivity index (χ0n) is 11.9. The molecule has 4 rings (SSSR count). The van der Waals surface area contributed by atoms with Crippen LogP contribution in [0.2, 0.25) is 0 Å². The predicted octanol–water partition coefficient (Wildman–Crippen LogP) is 2.61. The van der Waals surface area contributed by atoms with E-state index in [1.807, 2.05) is 36.1 Å². The topological polar surface area (TPSA) is 41.3 Å². The third kappa shape index (κ3) is 1.91. The molecule has 1 aliphatic carbocycles. The van der Waals surface area contributed by atoms with E-state index in [1.165, 1.54) is 12.8 Å². The van der Waals surface area contributed by atoms with E-state index in [9.17, 15) is 9.59 Å². The largest absolute Gasteiger partial charge is 0.352 e. The summed E-state index contributed by atoms with van der Waals surface area (Å²) in [6.45, 7) is 2.67. The molecule has 0 radical (unpaired) electrons. The molecule has 0 saturated heterocycles. The van der Waals surface area contributed by atoms with Gasteiger partial charge >= 0.3 is 16.9 Å². The Hall–Kier alpha value is -1.75. The van der Waals surface area contributed by atoms with Crippen molar-refractivity contribution in [1.29, 1.82) is 0 Å². The van der Waals surface area contributed by atoms with Crippen molar-refractivity contribution in [2.75, 3.05) is 11.4 Å². The Labute approximate surface area is 127 Å². The van der Waals surface area contributed by atoms with Crippen LogP contribution in [0.15, 0.2) is 24.3 Å². The van der Waals surface area contributed by atoms with Crippen LogP contribution in [0.25, 0.3) is 10.2 Å². The molecule has 2 aromatic rings. The number of amides is 1. The lowest BCUT2D eigenvalue weighted by Crippen LogP contribution is -2.60. The van der Waals surface area contributed by atoms with Crippen LogP contribution < -0.4 is 9.47 Å². The zero-order valence-corrected chi connectivity index (χ0v) is 12.7. The van der Waals surface area contributed by atoms with E-state index in [4.69, 9.17) is 0 Å². The van der Waals surface area contributed by atoms with Crippen molar-refractivity contribution in [2.24, 2.45) is 11.8 Å². The average molecular weight is 301 g/mol. The molecule has 1 atom stereocenters. The highest BCUT2D eigenvalue weighted by molar-refractivity contribution is 7.21. The molecule has 1 aliphatic heterocycles. The van der Waals surface area contributed by atoms with E-state index in [0.717, 1.165) is 21.9 Å². The van der Waals surface area contributed by atoms with Crippen LogP contribution in [0, 0.1) is 11.8 Å². The lowest BCUT2D eigenvalue weighted by Gasteiger charge is -2.23. The maximum absolute atomic E-state index is 12.7. The lowest BCUT2D eigenvalue weighted by molar-refractivity contribution is -0.533. The molecule has 4 nitrogen and oxygen atoms in total. The molecule has 0 N–H and O–H groups in total. The number of benzene rings is 1. The first-order chi connectivity index (χ1) is 10.2. The first-order valence-electron chi connectivity index (χ1n) is 7.50. The summed E-state index contributed by atoms with van der Waals surface area (Å²) in [5.74, 6) is 0.000490. The normalized spacial score (nSPS) is 22.0. The SMILES string of the molecule is CCC1C(=O)N(CC2CC2)c2sc3ccccc3[n+]2C1=O. The molecule has 2 aliphatic rings. The molecule has 1 saturated carbocycles. The summed E-state index contributed by atoms with van der Waals surface area (Å²) >= 11 is 1.54. The van der Waals surface area contributed by atoms with E-state index < -0.39 is 5.92 Å². The van der Waals surface area contributed by atoms with Crippen molar-refractivity contribution in [3.05, 3.63) is 24.3 Å². The van der Waals surface area contributed by atoms with Crippen LogP contribution in [0.1, 0.15) is 31.0 Å². The number of para-hydroxylation sites is 1. The number of anilines is 1. The highest BCUT2D eigenvalue weighted by Gasteiger charge is 2.49. The Kier molecular flexibility index (Phi) is 2.85. The minimum absolute atomic E-state index is 0.0130. The van der Waals surface area contributed by atoms with E-state index in [-0.39, 0.29) is 11.8 Å². The summed E-state index contributed by atoms with van der Waals surface area (Å²) < 4.78 is 2.82. The number of carbonyl (C=O) groups excluding carboxylic acids is 2. The molecule has 1 aromatic heterocycles. The van der Waals surface area contributed by atoms with Crippen LogP contribution in [0.3, 0.4) is 0 Å². The van der Waals surface area contributed by atoms with Crippen LogP contribution >= 0.6 is 11.3 Å². The Morgan fingerprint density at radius 1 is 1.29 bits per heavy atom. The molecular weight excluding hydrogens is 284 g/mol. The fraction of sp³-hybridized carbons (Fsp3) is 0.438. The van der Waals surface area contributed by atoms with Crippen LogP contribution in [0.5, 0.6) is 0 Å². The van der Waals surface area contributed by atoms with Gasteiger partial charge in [0.1, 0.15) is 0 Å². The number of fused-ring (bicyclic) bond motifs is 3. The number of hydrogen-bond donors (Lipinski definition) is 0. The number of hydrogen-bond acceptors (Lipinski definition) is 3. The van der Waals surface area contributed by atoms with Gasteiger partial charge in [0, 0.05) is 0 Å². The first kappa shape index (κ1) is 13.0. The van der Waals surface area contributed by atoms with Gasteiger partial charge in [-0.1, -0.05) is 19.1 Å². The van der Waals surface area contributed by atoms with Crippen molar-refractivity contribution in [3.63, 3.8) is 0 Å². The van der Waals surface area contributed by atoms with E-state index in [0.29, 0.717) is 12.3 Å². The minimum atomic E-state index is -0.528. The van der Waals surface area contributed by atoms with Gasteiger partial charge in [-0.15, -0.1) is 4.57 Å². The van der Waals surface area contributed by atoms with Crippen LogP contribution in [-0.4, -0.2) is 18.4 Å². The van der Waals surface area contributed by atoms with E-state index >= 15 is 0 Å².